The smallest absolute Gasteiger partial charge is 0.228 e. The van der Waals surface area contributed by atoms with Crippen LogP contribution in [0, 0.1) is 0 Å². The first-order valence-corrected chi connectivity index (χ1v) is 6.45. The van der Waals surface area contributed by atoms with E-state index in [0.717, 1.165) is 11.3 Å². The van der Waals surface area contributed by atoms with Crippen LogP contribution in [0.3, 0.4) is 0 Å². The molecular formula is C17H17NO2. The summed E-state index contributed by atoms with van der Waals surface area (Å²) in [7, 11) is 0. The van der Waals surface area contributed by atoms with Crippen molar-refractivity contribution in [1.82, 2.24) is 0 Å². The van der Waals surface area contributed by atoms with E-state index in [2.05, 4.69) is 11.9 Å². The van der Waals surface area contributed by atoms with E-state index in [4.69, 9.17) is 4.74 Å². The van der Waals surface area contributed by atoms with Crippen molar-refractivity contribution in [2.24, 2.45) is 0 Å². The van der Waals surface area contributed by atoms with E-state index in [0.29, 0.717) is 18.8 Å². The van der Waals surface area contributed by atoms with Crippen molar-refractivity contribution in [1.29, 1.82) is 0 Å². The minimum Gasteiger partial charge on any atom is -0.489 e. The Hall–Kier alpha value is -2.55. The first-order valence-electron chi connectivity index (χ1n) is 6.45. The Morgan fingerprint density at radius 2 is 1.95 bits per heavy atom. The second-order valence-corrected chi connectivity index (χ2v) is 4.34. The number of anilines is 1. The van der Waals surface area contributed by atoms with Gasteiger partial charge in [-0.3, -0.25) is 4.79 Å². The molecule has 0 aliphatic rings. The minimum atomic E-state index is -0.0444. The Bertz CT molecular complexity index is 579. The molecule has 0 heterocycles. The highest BCUT2D eigenvalue weighted by molar-refractivity contribution is 5.92. The maximum Gasteiger partial charge on any atom is 0.228 e. The predicted molar refractivity (Wildman–Crippen MR) is 80.9 cm³/mol. The van der Waals surface area contributed by atoms with Crippen LogP contribution in [0.4, 0.5) is 5.69 Å². The fourth-order valence-corrected chi connectivity index (χ4v) is 1.81. The van der Waals surface area contributed by atoms with Gasteiger partial charge in [0, 0.05) is 11.8 Å². The normalized spacial score (nSPS) is 9.80. The summed E-state index contributed by atoms with van der Waals surface area (Å²) >= 11 is 0. The minimum absolute atomic E-state index is 0.0444. The molecule has 0 fully saturated rings. The third kappa shape index (κ3) is 4.28. The van der Waals surface area contributed by atoms with Crippen molar-refractivity contribution in [2.45, 2.75) is 6.42 Å². The molecule has 0 aliphatic carbocycles. The number of hydrogen-bond donors (Lipinski definition) is 1. The molecule has 1 amide bonds. The molecule has 20 heavy (non-hydrogen) atoms. The second kappa shape index (κ2) is 7.14. The highest BCUT2D eigenvalue weighted by Crippen LogP contribution is 2.17. The summed E-state index contributed by atoms with van der Waals surface area (Å²) in [4.78, 5) is 11.9. The summed E-state index contributed by atoms with van der Waals surface area (Å²) in [5.41, 5.74) is 1.72. The zero-order valence-corrected chi connectivity index (χ0v) is 11.2. The first kappa shape index (κ1) is 13.9. The van der Waals surface area contributed by atoms with Gasteiger partial charge in [0.2, 0.25) is 5.91 Å². The van der Waals surface area contributed by atoms with Gasteiger partial charge in [-0.25, -0.2) is 0 Å². The third-order valence-electron chi connectivity index (χ3n) is 2.69. The lowest BCUT2D eigenvalue weighted by Crippen LogP contribution is -2.14. The standard InChI is InChI=1S/C17H17NO2/c1-2-11-20-16-10-6-9-15(13-16)18-17(19)12-14-7-4-3-5-8-14/h2-10,13H,1,11-12H2,(H,18,19). The zero-order chi connectivity index (χ0) is 14.2. The molecule has 0 aromatic heterocycles. The van der Waals surface area contributed by atoms with Crippen LogP contribution in [0.25, 0.3) is 0 Å². The molecule has 3 nitrogen and oxygen atoms in total. The van der Waals surface area contributed by atoms with Crippen LogP contribution in [0.15, 0.2) is 67.3 Å². The molecule has 3 heteroatoms. The van der Waals surface area contributed by atoms with Gasteiger partial charge in [0.25, 0.3) is 0 Å². The fourth-order valence-electron chi connectivity index (χ4n) is 1.81. The van der Waals surface area contributed by atoms with Crippen LogP contribution in [-0.4, -0.2) is 12.5 Å². The van der Waals surface area contributed by atoms with Gasteiger partial charge in [-0.2, -0.15) is 0 Å². The van der Waals surface area contributed by atoms with Crippen LogP contribution in [-0.2, 0) is 11.2 Å². The molecular weight excluding hydrogens is 250 g/mol. The Kier molecular flexibility index (Phi) is 4.95. The predicted octanol–water partition coefficient (Wildman–Crippen LogP) is 3.43. The van der Waals surface area contributed by atoms with Crippen LogP contribution in [0.2, 0.25) is 0 Å². The van der Waals surface area contributed by atoms with E-state index < -0.39 is 0 Å². The number of amides is 1. The quantitative estimate of drug-likeness (QED) is 0.814. The van der Waals surface area contributed by atoms with Gasteiger partial charge in [-0.05, 0) is 17.7 Å². The van der Waals surface area contributed by atoms with Crippen LogP contribution in [0.5, 0.6) is 5.75 Å². The van der Waals surface area contributed by atoms with E-state index in [1.165, 1.54) is 0 Å². The summed E-state index contributed by atoms with van der Waals surface area (Å²) in [6.45, 7) is 4.04. The lowest BCUT2D eigenvalue weighted by atomic mass is 10.1. The molecule has 0 aliphatic heterocycles. The number of hydrogen-bond acceptors (Lipinski definition) is 2. The highest BCUT2D eigenvalue weighted by atomic mass is 16.5. The Labute approximate surface area is 118 Å². The van der Waals surface area contributed by atoms with Gasteiger partial charge in [-0.15, -0.1) is 0 Å². The Balaban J connectivity index is 1.95. The fraction of sp³-hybridized carbons (Fsp3) is 0.118. The monoisotopic (exact) mass is 267 g/mol. The molecule has 0 saturated carbocycles. The molecule has 1 N–H and O–H groups in total. The number of ether oxygens (including phenoxy) is 1. The summed E-state index contributed by atoms with van der Waals surface area (Å²) in [6, 6.07) is 17.0. The topological polar surface area (TPSA) is 38.3 Å². The second-order valence-electron chi connectivity index (χ2n) is 4.34. The SMILES string of the molecule is C=CCOc1cccc(NC(=O)Cc2ccccc2)c1. The van der Waals surface area contributed by atoms with Gasteiger partial charge in [0.1, 0.15) is 12.4 Å². The Morgan fingerprint density at radius 1 is 1.15 bits per heavy atom. The van der Waals surface area contributed by atoms with Crippen LogP contribution >= 0.6 is 0 Å². The number of benzene rings is 2. The molecule has 0 radical (unpaired) electrons. The average molecular weight is 267 g/mol. The number of rotatable bonds is 6. The molecule has 102 valence electrons. The average Bonchev–Trinajstić information content (AvgIpc) is 2.46. The van der Waals surface area contributed by atoms with Crippen molar-refractivity contribution in [3.05, 3.63) is 72.8 Å². The molecule has 0 bridgehead atoms. The maximum absolute atomic E-state index is 11.9. The van der Waals surface area contributed by atoms with Crippen molar-refractivity contribution in [3.63, 3.8) is 0 Å². The van der Waals surface area contributed by atoms with Crippen molar-refractivity contribution >= 4 is 11.6 Å². The van der Waals surface area contributed by atoms with Crippen molar-refractivity contribution < 1.29 is 9.53 Å². The van der Waals surface area contributed by atoms with E-state index >= 15 is 0 Å². The molecule has 0 atom stereocenters. The van der Waals surface area contributed by atoms with Gasteiger partial charge in [-0.1, -0.05) is 49.1 Å². The van der Waals surface area contributed by atoms with Gasteiger partial charge in [0.05, 0.1) is 6.42 Å². The summed E-state index contributed by atoms with van der Waals surface area (Å²) in [6.07, 6.45) is 2.04. The van der Waals surface area contributed by atoms with Gasteiger partial charge in [0.15, 0.2) is 0 Å². The molecule has 2 aromatic rings. The van der Waals surface area contributed by atoms with E-state index in [-0.39, 0.29) is 5.91 Å². The van der Waals surface area contributed by atoms with Crippen molar-refractivity contribution in [2.75, 3.05) is 11.9 Å². The first-order chi connectivity index (χ1) is 9.78. The van der Waals surface area contributed by atoms with Gasteiger partial charge >= 0.3 is 0 Å². The summed E-state index contributed by atoms with van der Waals surface area (Å²) in [5.74, 6) is 0.666. The zero-order valence-electron chi connectivity index (χ0n) is 11.2. The molecule has 2 rings (SSSR count). The molecule has 0 unspecified atom stereocenters. The molecule has 0 saturated heterocycles. The lowest BCUT2D eigenvalue weighted by Gasteiger charge is -2.08. The number of carbonyl (C=O) groups excluding carboxylic acids is 1. The molecule has 2 aromatic carbocycles. The third-order valence-corrected chi connectivity index (χ3v) is 2.69. The van der Waals surface area contributed by atoms with Crippen LogP contribution in [0.1, 0.15) is 5.56 Å². The van der Waals surface area contributed by atoms with E-state index in [1.54, 1.807) is 12.1 Å². The number of nitrogens with one attached hydrogen (secondary N) is 1. The lowest BCUT2D eigenvalue weighted by molar-refractivity contribution is -0.115. The highest BCUT2D eigenvalue weighted by Gasteiger charge is 2.04. The van der Waals surface area contributed by atoms with Crippen LogP contribution < -0.4 is 10.1 Å². The Morgan fingerprint density at radius 3 is 2.70 bits per heavy atom. The van der Waals surface area contributed by atoms with Gasteiger partial charge < -0.3 is 10.1 Å². The maximum atomic E-state index is 11.9. The van der Waals surface area contributed by atoms with E-state index in [1.807, 2.05) is 48.5 Å². The molecule has 0 spiro atoms. The van der Waals surface area contributed by atoms with Crippen molar-refractivity contribution in [3.8, 4) is 5.75 Å². The summed E-state index contributed by atoms with van der Waals surface area (Å²) in [5, 5.41) is 2.86. The van der Waals surface area contributed by atoms with E-state index in [9.17, 15) is 4.79 Å². The summed E-state index contributed by atoms with van der Waals surface area (Å²) < 4.78 is 5.43. The number of carbonyl (C=O) groups is 1. The largest absolute Gasteiger partial charge is 0.489 e.